The Labute approximate surface area is 201 Å². The standard InChI is InChI=1S/C25H24ClN3OS2/c1-17-5-7-20(8-6-17)31-15-3-4-23(30)29(16-19-11-13-27-14-12-19)25-28-24-18(2)21(26)9-10-22(24)32-25/h5-14H,3-4,15-16H2,1-2H3. The Hall–Kier alpha value is -2.41. The van der Waals surface area contributed by atoms with Crippen LogP contribution in [0.3, 0.4) is 0 Å². The second-order valence-electron chi connectivity index (χ2n) is 7.62. The van der Waals surface area contributed by atoms with Gasteiger partial charge in [0.15, 0.2) is 5.13 Å². The van der Waals surface area contributed by atoms with E-state index >= 15 is 0 Å². The summed E-state index contributed by atoms with van der Waals surface area (Å²) >= 11 is 9.60. The SMILES string of the molecule is Cc1ccc(SCCCC(=O)N(Cc2ccncc2)c2nc3c(C)c(Cl)ccc3s2)cc1. The molecule has 0 radical (unpaired) electrons. The molecule has 0 unspecified atom stereocenters. The van der Waals surface area contributed by atoms with Crippen LogP contribution in [0.5, 0.6) is 0 Å². The molecule has 2 heterocycles. The number of nitrogens with zero attached hydrogens (tertiary/aromatic N) is 3. The average molecular weight is 482 g/mol. The zero-order valence-electron chi connectivity index (χ0n) is 18.0. The van der Waals surface area contributed by atoms with Gasteiger partial charge in [-0.3, -0.25) is 14.7 Å². The van der Waals surface area contributed by atoms with Gasteiger partial charge in [-0.25, -0.2) is 4.98 Å². The lowest BCUT2D eigenvalue weighted by molar-refractivity contribution is -0.118. The Morgan fingerprint density at radius 1 is 1.06 bits per heavy atom. The number of rotatable bonds is 8. The van der Waals surface area contributed by atoms with Gasteiger partial charge >= 0.3 is 0 Å². The number of carbonyl (C=O) groups is 1. The third-order valence-electron chi connectivity index (χ3n) is 5.18. The summed E-state index contributed by atoms with van der Waals surface area (Å²) in [6.07, 6.45) is 4.77. The molecule has 4 nitrogen and oxygen atoms in total. The second-order valence-corrected chi connectivity index (χ2v) is 10.2. The summed E-state index contributed by atoms with van der Waals surface area (Å²) in [5, 5.41) is 1.40. The van der Waals surface area contributed by atoms with Crippen molar-refractivity contribution in [2.75, 3.05) is 10.7 Å². The zero-order chi connectivity index (χ0) is 22.5. The van der Waals surface area contributed by atoms with Crippen LogP contribution < -0.4 is 4.90 Å². The molecular weight excluding hydrogens is 458 g/mol. The molecule has 0 saturated heterocycles. The first-order valence-corrected chi connectivity index (χ1v) is 12.6. The topological polar surface area (TPSA) is 46.1 Å². The van der Waals surface area contributed by atoms with Gasteiger partial charge in [0, 0.05) is 28.7 Å². The molecule has 0 aliphatic carbocycles. The van der Waals surface area contributed by atoms with E-state index in [-0.39, 0.29) is 5.91 Å². The van der Waals surface area contributed by atoms with Crippen molar-refractivity contribution in [3.63, 3.8) is 0 Å². The first kappa shape index (κ1) is 22.8. The van der Waals surface area contributed by atoms with Crippen LogP contribution in [-0.4, -0.2) is 21.6 Å². The lowest BCUT2D eigenvalue weighted by Gasteiger charge is -2.20. The smallest absolute Gasteiger partial charge is 0.229 e. The number of hydrogen-bond donors (Lipinski definition) is 0. The predicted octanol–water partition coefficient (Wildman–Crippen LogP) is 7.07. The normalized spacial score (nSPS) is 11.1. The molecule has 2 aromatic carbocycles. The molecule has 4 rings (SSSR count). The van der Waals surface area contributed by atoms with Crippen LogP contribution in [0.15, 0.2) is 65.8 Å². The number of carbonyl (C=O) groups excluding carboxylic acids is 1. The summed E-state index contributed by atoms with van der Waals surface area (Å²) < 4.78 is 1.03. The van der Waals surface area contributed by atoms with Gasteiger partial charge in [-0.05, 0) is 73.5 Å². The lowest BCUT2D eigenvalue weighted by atomic mass is 10.2. The first-order chi connectivity index (χ1) is 15.5. The minimum absolute atomic E-state index is 0.0779. The molecule has 0 atom stereocenters. The molecule has 0 aliphatic rings. The molecular formula is C25H24ClN3OS2. The largest absolute Gasteiger partial charge is 0.284 e. The third kappa shape index (κ3) is 5.49. The highest BCUT2D eigenvalue weighted by molar-refractivity contribution is 7.99. The Balaban J connectivity index is 1.49. The quantitative estimate of drug-likeness (QED) is 0.199. The van der Waals surface area contributed by atoms with Crippen LogP contribution in [0.1, 0.15) is 29.5 Å². The average Bonchev–Trinajstić information content (AvgIpc) is 3.24. The van der Waals surface area contributed by atoms with Gasteiger partial charge in [-0.15, -0.1) is 11.8 Å². The molecule has 2 aromatic heterocycles. The zero-order valence-corrected chi connectivity index (χ0v) is 20.4. The molecule has 0 aliphatic heterocycles. The minimum atomic E-state index is 0.0779. The Bertz CT molecular complexity index is 1210. The molecule has 7 heteroatoms. The van der Waals surface area contributed by atoms with E-state index < -0.39 is 0 Å². The molecule has 32 heavy (non-hydrogen) atoms. The second kappa shape index (κ2) is 10.5. The number of thiazole rings is 1. The summed E-state index contributed by atoms with van der Waals surface area (Å²) in [6, 6.07) is 16.2. The summed E-state index contributed by atoms with van der Waals surface area (Å²) in [6.45, 7) is 4.52. The Kier molecular flexibility index (Phi) is 7.45. The van der Waals surface area contributed by atoms with Crippen molar-refractivity contribution in [3.05, 3.63) is 82.6 Å². The van der Waals surface area contributed by atoms with Gasteiger partial charge in [0.05, 0.1) is 16.8 Å². The van der Waals surface area contributed by atoms with Gasteiger partial charge in [0.2, 0.25) is 5.91 Å². The van der Waals surface area contributed by atoms with Crippen LogP contribution in [0.4, 0.5) is 5.13 Å². The van der Waals surface area contributed by atoms with Gasteiger partial charge in [-0.2, -0.15) is 0 Å². The van der Waals surface area contributed by atoms with Crippen molar-refractivity contribution in [2.24, 2.45) is 0 Å². The monoisotopic (exact) mass is 481 g/mol. The third-order valence-corrected chi connectivity index (χ3v) is 7.73. The van der Waals surface area contributed by atoms with E-state index in [4.69, 9.17) is 16.6 Å². The Morgan fingerprint density at radius 2 is 1.81 bits per heavy atom. The number of hydrogen-bond acceptors (Lipinski definition) is 5. The van der Waals surface area contributed by atoms with Crippen molar-refractivity contribution < 1.29 is 4.79 Å². The maximum absolute atomic E-state index is 13.3. The maximum atomic E-state index is 13.3. The van der Waals surface area contributed by atoms with E-state index in [1.54, 1.807) is 29.1 Å². The van der Waals surface area contributed by atoms with Gasteiger partial charge < -0.3 is 0 Å². The molecule has 1 amide bonds. The summed E-state index contributed by atoms with van der Waals surface area (Å²) in [5.74, 6) is 0.973. The van der Waals surface area contributed by atoms with Crippen LogP contribution in [0.2, 0.25) is 5.02 Å². The summed E-state index contributed by atoms with van der Waals surface area (Å²) in [5.41, 5.74) is 4.08. The molecule has 0 fully saturated rings. The maximum Gasteiger partial charge on any atom is 0.229 e. The van der Waals surface area contributed by atoms with Gasteiger partial charge in [0.1, 0.15) is 0 Å². The number of benzene rings is 2. The van der Waals surface area contributed by atoms with Crippen LogP contribution in [0.25, 0.3) is 10.2 Å². The van der Waals surface area contributed by atoms with Crippen molar-refractivity contribution in [1.82, 2.24) is 9.97 Å². The Morgan fingerprint density at radius 3 is 2.56 bits per heavy atom. The minimum Gasteiger partial charge on any atom is -0.284 e. The van der Waals surface area contributed by atoms with Crippen molar-refractivity contribution >= 4 is 56.0 Å². The number of fused-ring (bicyclic) bond motifs is 1. The number of amides is 1. The number of halogens is 1. The fourth-order valence-electron chi connectivity index (χ4n) is 3.32. The highest BCUT2D eigenvalue weighted by Gasteiger charge is 2.21. The van der Waals surface area contributed by atoms with Gasteiger partial charge in [-0.1, -0.05) is 40.6 Å². The number of anilines is 1. The lowest BCUT2D eigenvalue weighted by Crippen LogP contribution is -2.30. The van der Waals surface area contributed by atoms with E-state index in [1.165, 1.54) is 21.8 Å². The number of aromatic nitrogens is 2. The molecule has 0 saturated carbocycles. The summed E-state index contributed by atoms with van der Waals surface area (Å²) in [4.78, 5) is 25.2. The van der Waals surface area contributed by atoms with E-state index in [9.17, 15) is 4.79 Å². The van der Waals surface area contributed by atoms with Crippen molar-refractivity contribution in [2.45, 2.75) is 38.1 Å². The van der Waals surface area contributed by atoms with Crippen LogP contribution >= 0.6 is 34.7 Å². The molecule has 0 bridgehead atoms. The molecule has 0 N–H and O–H groups in total. The van der Waals surface area contributed by atoms with E-state index in [2.05, 4.69) is 36.2 Å². The molecule has 4 aromatic rings. The molecule has 0 spiro atoms. The number of pyridine rings is 1. The van der Waals surface area contributed by atoms with Gasteiger partial charge in [0.25, 0.3) is 0 Å². The highest BCUT2D eigenvalue weighted by atomic mass is 35.5. The predicted molar refractivity (Wildman–Crippen MR) is 136 cm³/mol. The first-order valence-electron chi connectivity index (χ1n) is 10.5. The van der Waals surface area contributed by atoms with Crippen molar-refractivity contribution in [1.29, 1.82) is 0 Å². The highest BCUT2D eigenvalue weighted by Crippen LogP contribution is 2.34. The fourth-order valence-corrected chi connectivity index (χ4v) is 5.37. The number of aryl methyl sites for hydroxylation is 2. The van der Waals surface area contributed by atoms with Crippen LogP contribution in [-0.2, 0) is 11.3 Å². The number of thioether (sulfide) groups is 1. The van der Waals surface area contributed by atoms with Crippen molar-refractivity contribution in [3.8, 4) is 0 Å². The fraction of sp³-hybridized carbons (Fsp3) is 0.240. The summed E-state index contributed by atoms with van der Waals surface area (Å²) in [7, 11) is 0. The van der Waals surface area contributed by atoms with Crippen LogP contribution in [0, 0.1) is 13.8 Å². The van der Waals surface area contributed by atoms with E-state index in [1.807, 2.05) is 31.2 Å². The van der Waals surface area contributed by atoms with E-state index in [0.29, 0.717) is 23.1 Å². The van der Waals surface area contributed by atoms with E-state index in [0.717, 1.165) is 33.5 Å². The molecule has 164 valence electrons.